The Bertz CT molecular complexity index is 777. The van der Waals surface area contributed by atoms with Gasteiger partial charge >= 0.3 is 0 Å². The molecule has 1 heterocycles. The van der Waals surface area contributed by atoms with Crippen LogP contribution < -0.4 is 15.9 Å². The van der Waals surface area contributed by atoms with E-state index < -0.39 is 0 Å². The lowest BCUT2D eigenvalue weighted by Crippen LogP contribution is -2.18. The van der Waals surface area contributed by atoms with Crippen LogP contribution in [0.15, 0.2) is 48.5 Å². The number of hydrogen-bond donors (Lipinski definition) is 2. The van der Waals surface area contributed by atoms with E-state index in [1.54, 1.807) is 6.07 Å². The molecule has 0 spiro atoms. The summed E-state index contributed by atoms with van der Waals surface area (Å²) in [5.41, 5.74) is 10.6. The van der Waals surface area contributed by atoms with Crippen molar-refractivity contribution in [1.82, 2.24) is 20.3 Å². The molecular formula is C15H15ClN6O. The second-order valence-electron chi connectivity index (χ2n) is 4.81. The fraction of sp³-hybridized carbons (Fsp3) is 0.133. The van der Waals surface area contributed by atoms with Gasteiger partial charge in [0.05, 0.1) is 6.54 Å². The van der Waals surface area contributed by atoms with Crippen LogP contribution >= 0.6 is 11.6 Å². The van der Waals surface area contributed by atoms with Crippen LogP contribution in [-0.2, 0) is 13.2 Å². The Labute approximate surface area is 138 Å². The Morgan fingerprint density at radius 3 is 2.74 bits per heavy atom. The summed E-state index contributed by atoms with van der Waals surface area (Å²) in [5, 5.41) is 11.4. The summed E-state index contributed by atoms with van der Waals surface area (Å²) in [6, 6.07) is 15.4. The molecule has 118 valence electrons. The Morgan fingerprint density at radius 2 is 2.00 bits per heavy atom. The Balaban J connectivity index is 1.71. The Hall–Kier alpha value is -2.80. The molecule has 2 aromatic carbocycles. The third kappa shape index (κ3) is 3.89. The molecule has 0 aliphatic carbocycles. The number of ether oxygens (including phenoxy) is 1. The monoisotopic (exact) mass is 330 g/mol. The molecule has 0 aliphatic heterocycles. The van der Waals surface area contributed by atoms with Crippen molar-refractivity contribution in [3.8, 4) is 5.75 Å². The van der Waals surface area contributed by atoms with Crippen molar-refractivity contribution in [2.45, 2.75) is 13.2 Å². The highest BCUT2D eigenvalue weighted by Crippen LogP contribution is 2.24. The fourth-order valence-corrected chi connectivity index (χ4v) is 2.22. The van der Waals surface area contributed by atoms with Crippen LogP contribution in [0, 0.1) is 0 Å². The maximum absolute atomic E-state index is 6.07. The van der Waals surface area contributed by atoms with Gasteiger partial charge in [-0.2, -0.15) is 0 Å². The summed E-state index contributed by atoms with van der Waals surface area (Å²) in [6.07, 6.45) is 0. The molecule has 8 heteroatoms. The van der Waals surface area contributed by atoms with Crippen LogP contribution in [0.5, 0.6) is 5.75 Å². The van der Waals surface area contributed by atoms with Crippen LogP contribution in [0.2, 0.25) is 5.02 Å². The maximum Gasteiger partial charge on any atom is 0.260 e. The predicted molar refractivity (Wildman–Crippen MR) is 87.5 cm³/mol. The van der Waals surface area contributed by atoms with Crippen LogP contribution in [0.4, 0.5) is 5.95 Å². The molecule has 23 heavy (non-hydrogen) atoms. The summed E-state index contributed by atoms with van der Waals surface area (Å²) in [7, 11) is 0. The minimum Gasteiger partial charge on any atom is -0.489 e. The molecule has 0 unspecified atom stereocenters. The quantitative estimate of drug-likeness (QED) is 0.720. The number of nitrogen functional groups attached to an aromatic ring is 1. The lowest BCUT2D eigenvalue weighted by molar-refractivity contribution is 0.303. The molecule has 0 fully saturated rings. The van der Waals surface area contributed by atoms with Gasteiger partial charge < -0.3 is 15.9 Å². The van der Waals surface area contributed by atoms with Crippen molar-refractivity contribution in [2.24, 2.45) is 0 Å². The van der Waals surface area contributed by atoms with Crippen LogP contribution in [0.25, 0.3) is 0 Å². The van der Waals surface area contributed by atoms with E-state index in [2.05, 4.69) is 21.0 Å². The molecule has 0 radical (unpaired) electrons. The second kappa shape index (κ2) is 6.97. The molecule has 1 aromatic heterocycles. The van der Waals surface area contributed by atoms with Crippen LogP contribution in [-0.4, -0.2) is 20.3 Å². The van der Waals surface area contributed by atoms with Crippen LogP contribution in [0.3, 0.4) is 0 Å². The van der Waals surface area contributed by atoms with Gasteiger partial charge in [0, 0.05) is 10.6 Å². The van der Waals surface area contributed by atoms with Crippen molar-refractivity contribution >= 4 is 17.5 Å². The van der Waals surface area contributed by atoms with E-state index in [1.165, 1.54) is 4.79 Å². The zero-order valence-corrected chi connectivity index (χ0v) is 12.9. The average Bonchev–Trinajstić information content (AvgIpc) is 2.98. The molecule has 0 saturated carbocycles. The number of aromatic nitrogens is 4. The maximum atomic E-state index is 6.07. The molecule has 0 atom stereocenters. The molecule has 3 N–H and O–H groups in total. The number of nitrogens with two attached hydrogens (primary N) is 1. The number of halogens is 1. The smallest absolute Gasteiger partial charge is 0.260 e. The van der Waals surface area contributed by atoms with Gasteiger partial charge in [0.15, 0.2) is 0 Å². The third-order valence-electron chi connectivity index (χ3n) is 3.17. The fourth-order valence-electron chi connectivity index (χ4n) is 2.03. The highest BCUT2D eigenvalue weighted by molar-refractivity contribution is 6.30. The van der Waals surface area contributed by atoms with Gasteiger partial charge in [-0.25, -0.2) is 0 Å². The number of tetrazole rings is 1. The van der Waals surface area contributed by atoms with Gasteiger partial charge in [0.1, 0.15) is 12.4 Å². The van der Waals surface area contributed by atoms with Gasteiger partial charge in [0.25, 0.3) is 5.95 Å². The van der Waals surface area contributed by atoms with Gasteiger partial charge in [-0.3, -0.25) is 0 Å². The van der Waals surface area contributed by atoms with E-state index in [9.17, 15) is 0 Å². The minimum absolute atomic E-state index is 0.179. The lowest BCUT2D eigenvalue weighted by Gasteiger charge is -2.13. The van der Waals surface area contributed by atoms with E-state index in [0.29, 0.717) is 18.2 Å². The molecule has 0 bridgehead atoms. The van der Waals surface area contributed by atoms with Gasteiger partial charge in [-0.15, -0.1) is 4.79 Å². The van der Waals surface area contributed by atoms with E-state index >= 15 is 0 Å². The van der Waals surface area contributed by atoms with E-state index in [-0.39, 0.29) is 5.95 Å². The highest BCUT2D eigenvalue weighted by atomic mass is 35.5. The van der Waals surface area contributed by atoms with Crippen molar-refractivity contribution in [2.75, 3.05) is 11.2 Å². The number of rotatable bonds is 6. The standard InChI is InChI=1S/C15H15ClN6O/c16-13-6-7-14(23-10-11-4-2-1-3-5-11)12(8-13)9-18-22-15(17)19-20-21-22/h1-8,18H,9-10H2,(H2,17,19,21). The molecule has 0 saturated heterocycles. The summed E-state index contributed by atoms with van der Waals surface area (Å²) < 4.78 is 5.89. The largest absolute Gasteiger partial charge is 0.489 e. The number of hydrogen-bond acceptors (Lipinski definition) is 6. The summed E-state index contributed by atoms with van der Waals surface area (Å²) in [5.74, 6) is 0.913. The summed E-state index contributed by atoms with van der Waals surface area (Å²) in [6.45, 7) is 0.891. The summed E-state index contributed by atoms with van der Waals surface area (Å²) >= 11 is 6.07. The van der Waals surface area contributed by atoms with E-state index in [1.807, 2.05) is 42.5 Å². The third-order valence-corrected chi connectivity index (χ3v) is 3.41. The van der Waals surface area contributed by atoms with Crippen molar-refractivity contribution in [3.05, 3.63) is 64.7 Å². The topological polar surface area (TPSA) is 90.9 Å². The SMILES string of the molecule is Nc1nnnn1NCc1cc(Cl)ccc1OCc1ccccc1. The molecule has 0 aliphatic rings. The molecular weight excluding hydrogens is 316 g/mol. The summed E-state index contributed by atoms with van der Waals surface area (Å²) in [4.78, 5) is 1.29. The van der Waals surface area contributed by atoms with E-state index in [4.69, 9.17) is 22.1 Å². The zero-order valence-electron chi connectivity index (χ0n) is 12.2. The molecule has 3 aromatic rings. The minimum atomic E-state index is 0.179. The Kier molecular flexibility index (Phi) is 4.58. The predicted octanol–water partition coefficient (Wildman–Crippen LogP) is 2.23. The normalized spacial score (nSPS) is 10.5. The number of nitrogens with one attached hydrogen (secondary N) is 1. The van der Waals surface area contributed by atoms with Crippen molar-refractivity contribution in [1.29, 1.82) is 0 Å². The zero-order chi connectivity index (χ0) is 16.1. The average molecular weight is 331 g/mol. The number of anilines is 1. The number of nitrogens with zero attached hydrogens (tertiary/aromatic N) is 4. The van der Waals surface area contributed by atoms with Crippen molar-refractivity contribution in [3.63, 3.8) is 0 Å². The molecule has 3 rings (SSSR count). The van der Waals surface area contributed by atoms with Crippen molar-refractivity contribution < 1.29 is 4.74 Å². The van der Waals surface area contributed by atoms with E-state index in [0.717, 1.165) is 16.9 Å². The molecule has 0 amide bonds. The second-order valence-corrected chi connectivity index (χ2v) is 5.25. The first-order chi connectivity index (χ1) is 11.2. The first-order valence-electron chi connectivity index (χ1n) is 6.95. The van der Waals surface area contributed by atoms with Gasteiger partial charge in [-0.1, -0.05) is 47.0 Å². The highest BCUT2D eigenvalue weighted by Gasteiger charge is 2.07. The van der Waals surface area contributed by atoms with Crippen LogP contribution in [0.1, 0.15) is 11.1 Å². The van der Waals surface area contributed by atoms with Gasteiger partial charge in [0.2, 0.25) is 0 Å². The Morgan fingerprint density at radius 1 is 1.17 bits per heavy atom. The molecule has 7 nitrogen and oxygen atoms in total. The first-order valence-corrected chi connectivity index (χ1v) is 7.33. The lowest BCUT2D eigenvalue weighted by atomic mass is 10.2. The first kappa shape index (κ1) is 15.1. The number of benzene rings is 2. The van der Waals surface area contributed by atoms with Gasteiger partial charge in [-0.05, 0) is 34.2 Å².